The third-order valence-electron chi connectivity index (χ3n) is 17.1. The summed E-state index contributed by atoms with van der Waals surface area (Å²) in [5.74, 6) is 3.07. The number of benzene rings is 10. The number of hydrogen-bond acceptors (Lipinski definition) is 13. The highest BCUT2D eigenvalue weighted by Gasteiger charge is 2.31. The molecule has 13 heteroatoms. The van der Waals surface area contributed by atoms with Crippen LogP contribution in [0.25, 0.3) is 43.1 Å². The van der Waals surface area contributed by atoms with E-state index in [2.05, 4.69) is 241 Å². The van der Waals surface area contributed by atoms with E-state index in [1.807, 2.05) is 12.4 Å². The van der Waals surface area contributed by atoms with Crippen LogP contribution < -0.4 is 18.9 Å². The quantitative estimate of drug-likeness (QED) is 0.0745. The van der Waals surface area contributed by atoms with Crippen LogP contribution in [-0.2, 0) is 35.9 Å². The summed E-state index contributed by atoms with van der Waals surface area (Å²) in [5, 5.41) is 9.40. The van der Waals surface area contributed by atoms with Crippen LogP contribution in [0.1, 0.15) is 116 Å². The minimum absolute atomic E-state index is 0.250. The molecule has 10 aromatic rings. The molecule has 9 nitrogen and oxygen atoms in total. The molecule has 0 aliphatic carbocycles. The van der Waals surface area contributed by atoms with Gasteiger partial charge in [-0.15, -0.1) is 0 Å². The molecule has 0 unspecified atom stereocenters. The first-order valence-electron chi connectivity index (χ1n) is 33.1. The molecule has 12 rings (SSSR count). The number of hydrogen-bond donors (Lipinski definition) is 0. The van der Waals surface area contributed by atoms with Crippen LogP contribution in [0, 0.1) is 0 Å². The van der Waals surface area contributed by atoms with Gasteiger partial charge in [-0.2, -0.15) is 0 Å². The minimum atomic E-state index is -0.257. The van der Waals surface area contributed by atoms with Crippen molar-refractivity contribution in [1.29, 1.82) is 0 Å². The van der Waals surface area contributed by atoms with E-state index in [4.69, 9.17) is 43.1 Å². The van der Waals surface area contributed by atoms with E-state index in [9.17, 15) is 0 Å². The molecule has 0 fully saturated rings. The molecule has 10 aromatic carbocycles. The third-order valence-corrected chi connectivity index (χ3v) is 21.3. The van der Waals surface area contributed by atoms with Crippen LogP contribution in [0.4, 0.5) is 0 Å². The summed E-state index contributed by atoms with van der Waals surface area (Å²) < 4.78 is 47.6. The molecule has 2 aliphatic heterocycles. The highest BCUT2D eigenvalue weighted by atomic mass is 32.2. The molecule has 10 bridgehead atoms. The second kappa shape index (κ2) is 29.4. The number of fused-ring (bicyclic) bond motifs is 6. The Balaban J connectivity index is 1.05. The van der Waals surface area contributed by atoms with Crippen LogP contribution in [0.3, 0.4) is 0 Å². The molecular formula is C82H88N2O7S4. The fourth-order valence-corrected chi connectivity index (χ4v) is 16.5. The SMILES string of the molecule is CC(C)(C)c1cc2c(OCCN=Cc3c4ccccc4cc4ccccc34)c(c1)Sc1cc(C(C)(C)C)cc3c1OCCOCCOCCOCCOc1c(cc(C(C)(C)C)cc1Sc1cc(C(C)(C)C)cc(c1OCCN=Cc1c4ccccc4cc4ccccc14)S3)S2. The summed E-state index contributed by atoms with van der Waals surface area (Å²) >= 11 is 6.77. The first-order chi connectivity index (χ1) is 45.6. The predicted octanol–water partition coefficient (Wildman–Crippen LogP) is 21.2. The smallest absolute Gasteiger partial charge is 0.147 e. The van der Waals surface area contributed by atoms with Gasteiger partial charge in [0.15, 0.2) is 0 Å². The Morgan fingerprint density at radius 3 is 0.863 bits per heavy atom. The van der Waals surface area contributed by atoms with E-state index in [1.165, 1.54) is 65.3 Å². The Labute approximate surface area is 578 Å². The average molecular weight is 1340 g/mol. The maximum atomic E-state index is 7.34. The van der Waals surface area contributed by atoms with Gasteiger partial charge in [0.05, 0.1) is 91.9 Å². The summed E-state index contributed by atoms with van der Waals surface area (Å²) in [7, 11) is 0. The van der Waals surface area contributed by atoms with Gasteiger partial charge in [0.2, 0.25) is 0 Å². The Bertz CT molecular complexity index is 4010. The predicted molar refractivity (Wildman–Crippen MR) is 399 cm³/mol. The standard InChI is InChI=1S/C82H88N2O7S4/c1-79(2,3)57-43-67-75(88-31-29-83-51-65-61-25-17-13-21-53(61)41-54-22-14-18-26-62(54)65)68(44-57)93-72-48-60(82(10,11)12)50-74-78(72)91-40-38-87-36-34-85-33-35-86-37-39-90-77-71(92-67)47-59(81(7,8)9)49-73(77)94-69-45-58(80(4,5)6)46-70(95-74)76(69)89-32-30-84-52-66-63-27-19-15-23-55(63)42-56-24-16-20-28-64(56)66/h13-28,41-52H,29-40H2,1-12H3. The maximum absolute atomic E-state index is 7.34. The molecule has 95 heavy (non-hydrogen) atoms. The summed E-state index contributed by atoms with van der Waals surface area (Å²) in [6.45, 7) is 32.0. The fraction of sp³-hybridized carbons (Fsp3) is 0.341. The van der Waals surface area contributed by atoms with Crippen molar-refractivity contribution < 1.29 is 33.2 Å². The van der Waals surface area contributed by atoms with E-state index >= 15 is 0 Å². The van der Waals surface area contributed by atoms with Gasteiger partial charge in [-0.25, -0.2) is 0 Å². The molecule has 0 spiro atoms. The van der Waals surface area contributed by atoms with Gasteiger partial charge in [0.1, 0.15) is 49.4 Å². The third kappa shape index (κ3) is 16.2. The van der Waals surface area contributed by atoms with E-state index in [0.29, 0.717) is 79.2 Å². The van der Waals surface area contributed by atoms with Crippen molar-refractivity contribution in [3.63, 3.8) is 0 Å². The van der Waals surface area contributed by atoms with E-state index in [1.54, 1.807) is 47.0 Å². The van der Waals surface area contributed by atoms with Crippen LogP contribution in [0.15, 0.2) is 207 Å². The summed E-state index contributed by atoms with van der Waals surface area (Å²) in [6, 6.07) is 57.4. The second-order valence-corrected chi connectivity index (χ2v) is 32.7. The lowest BCUT2D eigenvalue weighted by Gasteiger charge is -2.28. The molecule has 2 heterocycles. The summed E-state index contributed by atoms with van der Waals surface area (Å²) in [5.41, 5.74) is 5.86. The molecule has 0 N–H and O–H groups in total. The summed E-state index contributed by atoms with van der Waals surface area (Å²) in [6.07, 6.45) is 4.08. The number of rotatable bonds is 10. The molecule has 0 atom stereocenters. The van der Waals surface area contributed by atoms with Gasteiger partial charge in [0.25, 0.3) is 0 Å². The topological polar surface area (TPSA) is 89.3 Å². The van der Waals surface area contributed by atoms with E-state index < -0.39 is 0 Å². The normalized spacial score (nSPS) is 15.0. The van der Waals surface area contributed by atoms with Gasteiger partial charge < -0.3 is 33.2 Å². The zero-order valence-electron chi connectivity index (χ0n) is 57.0. The highest BCUT2D eigenvalue weighted by molar-refractivity contribution is 8.01. The number of nitrogens with zero attached hydrogens (tertiary/aromatic N) is 2. The highest BCUT2D eigenvalue weighted by Crippen LogP contribution is 2.57. The van der Waals surface area contributed by atoms with Gasteiger partial charge in [-0.3, -0.25) is 9.98 Å². The second-order valence-electron chi connectivity index (χ2n) is 28.4. The number of ether oxygens (including phenoxy) is 7. The zero-order valence-corrected chi connectivity index (χ0v) is 60.3. The van der Waals surface area contributed by atoms with E-state index in [0.717, 1.165) is 73.3 Å². The van der Waals surface area contributed by atoms with Crippen molar-refractivity contribution in [1.82, 2.24) is 0 Å². The van der Waals surface area contributed by atoms with Crippen molar-refractivity contribution in [3.8, 4) is 23.0 Å². The van der Waals surface area contributed by atoms with Gasteiger partial charge in [-0.1, -0.05) is 227 Å². The van der Waals surface area contributed by atoms with Crippen LogP contribution >= 0.6 is 47.0 Å². The molecule has 2 aliphatic rings. The van der Waals surface area contributed by atoms with Crippen molar-refractivity contribution in [2.24, 2.45) is 9.98 Å². The molecule has 492 valence electrons. The van der Waals surface area contributed by atoms with Crippen molar-refractivity contribution in [2.45, 2.75) is 144 Å². The lowest BCUT2D eigenvalue weighted by atomic mass is 9.87. The van der Waals surface area contributed by atoms with Gasteiger partial charge in [0, 0.05) is 23.6 Å². The molecule has 0 radical (unpaired) electrons. The lowest BCUT2D eigenvalue weighted by Crippen LogP contribution is -2.16. The maximum Gasteiger partial charge on any atom is 0.147 e. The molecule has 0 amide bonds. The Hall–Kier alpha value is -6.94. The largest absolute Gasteiger partial charge is 0.489 e. The van der Waals surface area contributed by atoms with Crippen molar-refractivity contribution in [2.75, 3.05) is 79.2 Å². The first kappa shape index (κ1) is 68.0. The molecule has 0 saturated heterocycles. The monoisotopic (exact) mass is 1340 g/mol. The average Bonchev–Trinajstić information content (AvgIpc) is 0.779. The van der Waals surface area contributed by atoms with Crippen LogP contribution in [0.5, 0.6) is 23.0 Å². The minimum Gasteiger partial charge on any atom is -0.489 e. The summed E-state index contributed by atoms with van der Waals surface area (Å²) in [4.78, 5) is 18.0. The van der Waals surface area contributed by atoms with E-state index in [-0.39, 0.29) is 21.7 Å². The molecule has 0 aromatic heterocycles. The fourth-order valence-electron chi connectivity index (χ4n) is 11.7. The Morgan fingerprint density at radius 1 is 0.337 bits per heavy atom. The van der Waals surface area contributed by atoms with Crippen LogP contribution in [0.2, 0.25) is 0 Å². The van der Waals surface area contributed by atoms with Crippen LogP contribution in [-0.4, -0.2) is 91.6 Å². The van der Waals surface area contributed by atoms with Gasteiger partial charge in [-0.05, 0) is 148 Å². The lowest BCUT2D eigenvalue weighted by molar-refractivity contribution is 0.00450. The Kier molecular flexibility index (Phi) is 21.1. The van der Waals surface area contributed by atoms with Gasteiger partial charge >= 0.3 is 0 Å². The molecule has 0 saturated carbocycles. The van der Waals surface area contributed by atoms with Crippen molar-refractivity contribution in [3.05, 3.63) is 191 Å². The number of aliphatic imine (C=N–C) groups is 2. The molecular weight excluding hydrogens is 1250 g/mol. The van der Waals surface area contributed by atoms with Crippen molar-refractivity contribution >= 4 is 103 Å². The zero-order chi connectivity index (χ0) is 66.5. The first-order valence-corrected chi connectivity index (χ1v) is 36.4. The Morgan fingerprint density at radius 2 is 0.589 bits per heavy atom.